The maximum atomic E-state index is 12.9. The first-order valence-electron chi connectivity index (χ1n) is 11.6. The van der Waals surface area contributed by atoms with Crippen LogP contribution in [0.25, 0.3) is 11.1 Å². The fraction of sp³-hybridized carbons (Fsp3) is 0.500. The van der Waals surface area contributed by atoms with Gasteiger partial charge in [-0.1, -0.05) is 56.0 Å². The molecule has 4 rings (SSSR count). The molecule has 2 heterocycles. The molecule has 0 unspecified atom stereocenters. The van der Waals surface area contributed by atoms with E-state index in [0.29, 0.717) is 25.3 Å². The Labute approximate surface area is 185 Å². The Balaban J connectivity index is 1.42. The highest BCUT2D eigenvalue weighted by Gasteiger charge is 2.42. The highest BCUT2D eigenvalue weighted by Crippen LogP contribution is 2.35. The molecule has 1 aromatic heterocycles. The Morgan fingerprint density at radius 3 is 2.52 bits per heavy atom. The van der Waals surface area contributed by atoms with Crippen LogP contribution in [0.3, 0.4) is 0 Å². The zero-order valence-corrected chi connectivity index (χ0v) is 18.3. The molecule has 1 aliphatic carbocycles. The van der Waals surface area contributed by atoms with Gasteiger partial charge >= 0.3 is 0 Å². The Kier molecular flexibility index (Phi) is 6.69. The fourth-order valence-electron chi connectivity index (χ4n) is 5.30. The number of primary amides is 1. The van der Waals surface area contributed by atoms with Gasteiger partial charge < -0.3 is 10.6 Å². The van der Waals surface area contributed by atoms with E-state index in [-0.39, 0.29) is 11.8 Å². The summed E-state index contributed by atoms with van der Waals surface area (Å²) < 4.78 is 0. The SMILES string of the molecule is NC(=O)[C@]1(Cc2ccc(-c3cccnc3)cc2)CCCN(C(=O)CCC2CCCC2)C1. The molecular formula is C26H33N3O2. The van der Waals surface area contributed by atoms with Crippen LogP contribution in [0.5, 0.6) is 0 Å². The molecule has 2 N–H and O–H groups in total. The van der Waals surface area contributed by atoms with Crippen LogP contribution in [0.1, 0.15) is 56.9 Å². The summed E-state index contributed by atoms with van der Waals surface area (Å²) in [5.41, 5.74) is 8.47. The summed E-state index contributed by atoms with van der Waals surface area (Å²) in [7, 11) is 0. The third kappa shape index (κ3) is 5.15. The van der Waals surface area contributed by atoms with Gasteiger partial charge in [-0.25, -0.2) is 0 Å². The minimum Gasteiger partial charge on any atom is -0.369 e. The molecule has 0 bridgehead atoms. The van der Waals surface area contributed by atoms with E-state index in [1.165, 1.54) is 25.7 Å². The van der Waals surface area contributed by atoms with E-state index in [2.05, 4.69) is 29.2 Å². The second-order valence-electron chi connectivity index (χ2n) is 9.37. The smallest absolute Gasteiger partial charge is 0.225 e. The van der Waals surface area contributed by atoms with Gasteiger partial charge in [0.15, 0.2) is 0 Å². The van der Waals surface area contributed by atoms with Gasteiger partial charge in [-0.3, -0.25) is 14.6 Å². The van der Waals surface area contributed by atoms with Gasteiger partial charge in [-0.05, 0) is 54.4 Å². The van der Waals surface area contributed by atoms with Gasteiger partial charge in [-0.15, -0.1) is 0 Å². The predicted molar refractivity (Wildman–Crippen MR) is 122 cm³/mol. The van der Waals surface area contributed by atoms with Crippen LogP contribution in [-0.4, -0.2) is 34.8 Å². The van der Waals surface area contributed by atoms with Crippen molar-refractivity contribution in [2.75, 3.05) is 13.1 Å². The van der Waals surface area contributed by atoms with E-state index in [9.17, 15) is 9.59 Å². The van der Waals surface area contributed by atoms with Crippen molar-refractivity contribution in [3.63, 3.8) is 0 Å². The van der Waals surface area contributed by atoms with Gasteiger partial charge in [0.2, 0.25) is 11.8 Å². The third-order valence-electron chi connectivity index (χ3n) is 7.18. The first kappa shape index (κ1) is 21.5. The summed E-state index contributed by atoms with van der Waals surface area (Å²) in [5, 5.41) is 0. The van der Waals surface area contributed by atoms with Gasteiger partial charge in [0, 0.05) is 31.9 Å². The predicted octanol–water partition coefficient (Wildman–Crippen LogP) is 4.36. The van der Waals surface area contributed by atoms with Crippen molar-refractivity contribution in [1.29, 1.82) is 0 Å². The van der Waals surface area contributed by atoms with Crippen molar-refractivity contribution in [3.8, 4) is 11.1 Å². The fourth-order valence-corrected chi connectivity index (χ4v) is 5.30. The lowest BCUT2D eigenvalue weighted by Gasteiger charge is -2.41. The van der Waals surface area contributed by atoms with E-state index in [1.54, 1.807) is 6.20 Å². The van der Waals surface area contributed by atoms with Crippen molar-refractivity contribution < 1.29 is 9.59 Å². The van der Waals surface area contributed by atoms with E-state index in [0.717, 1.165) is 42.5 Å². The number of nitrogens with zero attached hydrogens (tertiary/aromatic N) is 2. The molecule has 0 spiro atoms. The Hall–Kier alpha value is -2.69. The van der Waals surface area contributed by atoms with E-state index in [4.69, 9.17) is 5.73 Å². The lowest BCUT2D eigenvalue weighted by molar-refractivity contribution is -0.140. The molecule has 2 fully saturated rings. The molecule has 1 aliphatic heterocycles. The minimum atomic E-state index is -0.683. The average Bonchev–Trinajstić information content (AvgIpc) is 3.32. The molecule has 1 aromatic carbocycles. The molecule has 2 aliphatic rings. The van der Waals surface area contributed by atoms with Gasteiger partial charge in [0.05, 0.1) is 5.41 Å². The van der Waals surface area contributed by atoms with E-state index >= 15 is 0 Å². The maximum absolute atomic E-state index is 12.9. The standard InChI is InChI=1S/C26H33N3O2/c27-25(31)26(17-21-8-11-22(12-9-21)23-7-3-15-28-18-23)14-4-16-29(19-26)24(30)13-10-20-5-1-2-6-20/h3,7-9,11-12,15,18,20H,1-2,4-6,10,13-14,16-17,19H2,(H2,27,31)/t26-/m0/s1. The molecule has 1 saturated heterocycles. The Morgan fingerprint density at radius 2 is 1.84 bits per heavy atom. The third-order valence-corrected chi connectivity index (χ3v) is 7.18. The topological polar surface area (TPSA) is 76.3 Å². The Bertz CT molecular complexity index is 891. The van der Waals surface area contributed by atoms with Crippen LogP contribution < -0.4 is 5.73 Å². The second-order valence-corrected chi connectivity index (χ2v) is 9.37. The van der Waals surface area contributed by atoms with Crippen molar-refractivity contribution in [2.45, 2.75) is 57.8 Å². The number of carbonyl (C=O) groups is 2. The number of benzene rings is 1. The summed E-state index contributed by atoms with van der Waals surface area (Å²) in [5.74, 6) is 0.592. The number of aromatic nitrogens is 1. The zero-order chi connectivity index (χ0) is 21.7. The molecule has 5 nitrogen and oxygen atoms in total. The number of hydrogen-bond donors (Lipinski definition) is 1. The van der Waals surface area contributed by atoms with Crippen LogP contribution in [0, 0.1) is 11.3 Å². The lowest BCUT2D eigenvalue weighted by atomic mass is 9.74. The number of nitrogens with two attached hydrogens (primary N) is 1. The highest BCUT2D eigenvalue weighted by molar-refractivity contribution is 5.83. The number of piperidine rings is 1. The van der Waals surface area contributed by atoms with Crippen LogP contribution in [-0.2, 0) is 16.0 Å². The molecule has 31 heavy (non-hydrogen) atoms. The van der Waals surface area contributed by atoms with E-state index < -0.39 is 5.41 Å². The van der Waals surface area contributed by atoms with Gasteiger partial charge in [-0.2, -0.15) is 0 Å². The van der Waals surface area contributed by atoms with Crippen molar-refractivity contribution in [2.24, 2.45) is 17.1 Å². The lowest BCUT2D eigenvalue weighted by Crippen LogP contribution is -2.53. The van der Waals surface area contributed by atoms with Crippen LogP contribution >= 0.6 is 0 Å². The number of likely N-dealkylation sites (tertiary alicyclic amines) is 1. The normalized spacial score (nSPS) is 21.9. The quantitative estimate of drug-likeness (QED) is 0.725. The molecule has 5 heteroatoms. The van der Waals surface area contributed by atoms with Gasteiger partial charge in [0.1, 0.15) is 0 Å². The molecule has 1 atom stereocenters. The summed E-state index contributed by atoms with van der Waals surface area (Å²) >= 11 is 0. The van der Waals surface area contributed by atoms with Crippen LogP contribution in [0.15, 0.2) is 48.8 Å². The summed E-state index contributed by atoms with van der Waals surface area (Å²) in [6.07, 6.45) is 12.4. The number of pyridine rings is 1. The summed E-state index contributed by atoms with van der Waals surface area (Å²) in [4.78, 5) is 31.5. The number of carbonyl (C=O) groups excluding carboxylic acids is 2. The van der Waals surface area contributed by atoms with Gasteiger partial charge in [0.25, 0.3) is 0 Å². The largest absolute Gasteiger partial charge is 0.369 e. The van der Waals surface area contributed by atoms with Crippen molar-refractivity contribution >= 4 is 11.8 Å². The molecule has 1 saturated carbocycles. The maximum Gasteiger partial charge on any atom is 0.225 e. The number of amides is 2. The first-order chi connectivity index (χ1) is 15.1. The molecule has 0 radical (unpaired) electrons. The Morgan fingerprint density at radius 1 is 1.06 bits per heavy atom. The highest BCUT2D eigenvalue weighted by atomic mass is 16.2. The molecule has 2 amide bonds. The van der Waals surface area contributed by atoms with E-state index in [1.807, 2.05) is 23.2 Å². The van der Waals surface area contributed by atoms with Crippen molar-refractivity contribution in [3.05, 3.63) is 54.4 Å². The zero-order valence-electron chi connectivity index (χ0n) is 18.3. The summed E-state index contributed by atoms with van der Waals surface area (Å²) in [6, 6.07) is 12.2. The number of hydrogen-bond acceptors (Lipinski definition) is 3. The van der Waals surface area contributed by atoms with Crippen LogP contribution in [0.2, 0.25) is 0 Å². The molecular weight excluding hydrogens is 386 g/mol. The number of rotatable bonds is 7. The second kappa shape index (κ2) is 9.63. The van der Waals surface area contributed by atoms with Crippen molar-refractivity contribution in [1.82, 2.24) is 9.88 Å². The molecule has 2 aromatic rings. The summed E-state index contributed by atoms with van der Waals surface area (Å²) in [6.45, 7) is 1.18. The minimum absolute atomic E-state index is 0.184. The van der Waals surface area contributed by atoms with Crippen LogP contribution in [0.4, 0.5) is 0 Å². The monoisotopic (exact) mass is 419 g/mol. The first-order valence-corrected chi connectivity index (χ1v) is 11.6. The molecule has 164 valence electrons. The average molecular weight is 420 g/mol.